The molecular formula is C16H21N3O3S. The average Bonchev–Trinajstić information content (AvgIpc) is 2.44. The van der Waals surface area contributed by atoms with Crippen LogP contribution in [-0.4, -0.2) is 31.8 Å². The first kappa shape index (κ1) is 17.2. The van der Waals surface area contributed by atoms with Gasteiger partial charge in [0.1, 0.15) is 22.3 Å². The van der Waals surface area contributed by atoms with Crippen LogP contribution in [-0.2, 0) is 9.84 Å². The van der Waals surface area contributed by atoms with Gasteiger partial charge in [0, 0.05) is 18.0 Å². The lowest BCUT2D eigenvalue weighted by Crippen LogP contribution is -2.10. The first-order chi connectivity index (χ1) is 10.7. The minimum Gasteiger partial charge on any atom is -0.495 e. The number of aromatic nitrogens is 2. The summed E-state index contributed by atoms with van der Waals surface area (Å²) in [4.78, 5) is 8.78. The van der Waals surface area contributed by atoms with Gasteiger partial charge in [0.2, 0.25) is 0 Å². The van der Waals surface area contributed by atoms with Crippen LogP contribution in [0.3, 0.4) is 0 Å². The third-order valence-electron chi connectivity index (χ3n) is 3.42. The van der Waals surface area contributed by atoms with Gasteiger partial charge < -0.3 is 10.1 Å². The molecule has 23 heavy (non-hydrogen) atoms. The minimum absolute atomic E-state index is 0.0637. The fourth-order valence-electron chi connectivity index (χ4n) is 2.36. The largest absolute Gasteiger partial charge is 0.495 e. The number of benzene rings is 1. The van der Waals surface area contributed by atoms with Crippen molar-refractivity contribution in [2.45, 2.75) is 31.7 Å². The van der Waals surface area contributed by atoms with Crippen LogP contribution in [0.5, 0.6) is 5.75 Å². The lowest BCUT2D eigenvalue weighted by molar-refractivity contribution is 0.402. The van der Waals surface area contributed by atoms with Crippen LogP contribution in [0.2, 0.25) is 0 Å². The summed E-state index contributed by atoms with van der Waals surface area (Å²) in [6.45, 7) is 5.73. The molecule has 0 aliphatic carbocycles. The Morgan fingerprint density at radius 1 is 1.17 bits per heavy atom. The quantitative estimate of drug-likeness (QED) is 0.905. The Kier molecular flexibility index (Phi) is 4.89. The van der Waals surface area contributed by atoms with Gasteiger partial charge in [-0.25, -0.2) is 18.4 Å². The Morgan fingerprint density at radius 3 is 2.43 bits per heavy atom. The van der Waals surface area contributed by atoms with Crippen molar-refractivity contribution >= 4 is 15.7 Å². The first-order valence-corrected chi connectivity index (χ1v) is 9.06. The molecule has 124 valence electrons. The van der Waals surface area contributed by atoms with Crippen molar-refractivity contribution in [2.75, 3.05) is 18.7 Å². The summed E-state index contributed by atoms with van der Waals surface area (Å²) in [5.74, 6) is 1.77. The van der Waals surface area contributed by atoms with E-state index in [0.29, 0.717) is 11.6 Å². The summed E-state index contributed by atoms with van der Waals surface area (Å²) < 4.78 is 28.7. The Bertz CT molecular complexity index is 799. The zero-order valence-electron chi connectivity index (χ0n) is 13.9. The van der Waals surface area contributed by atoms with Crippen LogP contribution in [0, 0.1) is 13.8 Å². The zero-order valence-corrected chi connectivity index (χ0v) is 14.7. The molecule has 0 aliphatic heterocycles. The molecule has 1 aromatic heterocycles. The van der Waals surface area contributed by atoms with E-state index in [4.69, 9.17) is 4.74 Å². The van der Waals surface area contributed by atoms with Crippen molar-refractivity contribution in [1.82, 2.24) is 9.97 Å². The molecule has 1 aromatic carbocycles. The highest BCUT2D eigenvalue weighted by Crippen LogP contribution is 2.28. The van der Waals surface area contributed by atoms with E-state index in [1.807, 2.05) is 26.8 Å². The monoisotopic (exact) mass is 335 g/mol. The van der Waals surface area contributed by atoms with Crippen LogP contribution in [0.1, 0.15) is 30.0 Å². The van der Waals surface area contributed by atoms with Crippen molar-refractivity contribution in [1.29, 1.82) is 0 Å². The maximum absolute atomic E-state index is 11.7. The summed E-state index contributed by atoms with van der Waals surface area (Å²) in [5.41, 5.74) is 1.79. The molecule has 2 rings (SSSR count). The fraction of sp³-hybridized carbons (Fsp3) is 0.375. The standard InChI is InChI=1S/C16H21N3O3S/c1-10-8-16(19-12(3)17-10)18-11(2)13-6-7-15(23(5,20)21)14(9-13)22-4/h6-9,11H,1-5H3,(H,17,18,19). The number of rotatable bonds is 5. The highest BCUT2D eigenvalue weighted by Gasteiger charge is 2.16. The van der Waals surface area contributed by atoms with Crippen LogP contribution < -0.4 is 10.1 Å². The molecule has 7 heteroatoms. The van der Waals surface area contributed by atoms with Crippen LogP contribution in [0.25, 0.3) is 0 Å². The van der Waals surface area contributed by atoms with Gasteiger partial charge in [-0.05, 0) is 38.5 Å². The molecule has 0 fully saturated rings. The van der Waals surface area contributed by atoms with Crippen molar-refractivity contribution in [2.24, 2.45) is 0 Å². The molecule has 2 aromatic rings. The van der Waals surface area contributed by atoms with Gasteiger partial charge in [-0.2, -0.15) is 0 Å². The summed E-state index contributed by atoms with van der Waals surface area (Å²) in [5, 5.41) is 3.29. The first-order valence-electron chi connectivity index (χ1n) is 7.17. The normalized spacial score (nSPS) is 12.7. The maximum Gasteiger partial charge on any atom is 0.179 e. The molecule has 1 N–H and O–H groups in total. The third-order valence-corrected chi connectivity index (χ3v) is 4.55. The Labute approximate surface area is 136 Å². The number of anilines is 1. The molecule has 0 amide bonds. The molecule has 6 nitrogen and oxygen atoms in total. The molecule has 1 unspecified atom stereocenters. The van der Waals surface area contributed by atoms with E-state index in [2.05, 4.69) is 15.3 Å². The summed E-state index contributed by atoms with van der Waals surface area (Å²) in [6.07, 6.45) is 1.17. The van der Waals surface area contributed by atoms with Crippen LogP contribution in [0.15, 0.2) is 29.2 Å². The second-order valence-corrected chi connectivity index (χ2v) is 7.47. The molecule has 0 saturated carbocycles. The minimum atomic E-state index is -3.32. The number of aryl methyl sites for hydroxylation is 2. The smallest absolute Gasteiger partial charge is 0.179 e. The summed E-state index contributed by atoms with van der Waals surface area (Å²) >= 11 is 0. The second kappa shape index (κ2) is 6.54. The lowest BCUT2D eigenvalue weighted by atomic mass is 10.1. The predicted molar refractivity (Wildman–Crippen MR) is 89.6 cm³/mol. The van der Waals surface area contributed by atoms with Crippen molar-refractivity contribution < 1.29 is 13.2 Å². The molecule has 0 spiro atoms. The predicted octanol–water partition coefficient (Wildman–Crippen LogP) is 2.68. The van der Waals surface area contributed by atoms with Crippen molar-refractivity contribution in [3.05, 3.63) is 41.3 Å². The van der Waals surface area contributed by atoms with Crippen molar-refractivity contribution in [3.8, 4) is 5.75 Å². The van der Waals surface area contributed by atoms with Gasteiger partial charge in [-0.1, -0.05) is 6.07 Å². The van der Waals surface area contributed by atoms with Crippen LogP contribution in [0.4, 0.5) is 5.82 Å². The van der Waals surface area contributed by atoms with E-state index >= 15 is 0 Å². The number of hydrogen-bond acceptors (Lipinski definition) is 6. The highest BCUT2D eigenvalue weighted by molar-refractivity contribution is 7.90. The molecule has 0 bridgehead atoms. The van der Waals surface area contributed by atoms with Gasteiger partial charge in [0.15, 0.2) is 9.84 Å². The van der Waals surface area contributed by atoms with Crippen molar-refractivity contribution in [3.63, 3.8) is 0 Å². The maximum atomic E-state index is 11.7. The topological polar surface area (TPSA) is 81.2 Å². The van der Waals surface area contributed by atoms with E-state index < -0.39 is 9.84 Å². The Hall–Kier alpha value is -2.15. The number of hydrogen-bond donors (Lipinski definition) is 1. The molecule has 0 radical (unpaired) electrons. The molecular weight excluding hydrogens is 314 g/mol. The van der Waals surface area contributed by atoms with Crippen LogP contribution >= 0.6 is 0 Å². The van der Waals surface area contributed by atoms with E-state index in [1.165, 1.54) is 13.4 Å². The molecule has 1 heterocycles. The number of nitrogens with one attached hydrogen (secondary N) is 1. The average molecular weight is 335 g/mol. The van der Waals surface area contributed by atoms with E-state index in [9.17, 15) is 8.42 Å². The highest BCUT2D eigenvalue weighted by atomic mass is 32.2. The van der Waals surface area contributed by atoms with Gasteiger partial charge in [0.25, 0.3) is 0 Å². The van der Waals surface area contributed by atoms with Gasteiger partial charge in [-0.3, -0.25) is 0 Å². The molecule has 0 aliphatic rings. The summed E-state index contributed by atoms with van der Waals surface area (Å²) in [6, 6.07) is 6.88. The number of ether oxygens (including phenoxy) is 1. The van der Waals surface area contributed by atoms with E-state index in [1.54, 1.807) is 18.2 Å². The van der Waals surface area contributed by atoms with Gasteiger partial charge >= 0.3 is 0 Å². The van der Waals surface area contributed by atoms with E-state index in [-0.39, 0.29) is 10.9 Å². The zero-order chi connectivity index (χ0) is 17.2. The second-order valence-electron chi connectivity index (χ2n) is 5.49. The Morgan fingerprint density at radius 2 is 1.87 bits per heavy atom. The number of methoxy groups -OCH3 is 1. The number of nitrogens with zero attached hydrogens (tertiary/aromatic N) is 2. The molecule has 1 atom stereocenters. The molecule has 0 saturated heterocycles. The summed E-state index contributed by atoms with van der Waals surface area (Å²) in [7, 11) is -1.86. The third kappa shape index (κ3) is 4.19. The lowest BCUT2D eigenvalue weighted by Gasteiger charge is -2.17. The fourth-order valence-corrected chi connectivity index (χ4v) is 3.18. The van der Waals surface area contributed by atoms with Gasteiger partial charge in [0.05, 0.1) is 13.2 Å². The number of sulfone groups is 1. The SMILES string of the molecule is COc1cc(C(C)Nc2cc(C)nc(C)n2)ccc1S(C)(=O)=O. The van der Waals surface area contributed by atoms with E-state index in [0.717, 1.165) is 17.1 Å². The van der Waals surface area contributed by atoms with Gasteiger partial charge in [-0.15, -0.1) is 0 Å². The Balaban J connectivity index is 2.31.